The molecule has 4 aromatic rings. The van der Waals surface area contributed by atoms with E-state index in [-0.39, 0.29) is 77.1 Å². The summed E-state index contributed by atoms with van der Waals surface area (Å²) in [6, 6.07) is 37.4. The van der Waals surface area contributed by atoms with Crippen LogP contribution in [0.25, 0.3) is 0 Å². The first-order chi connectivity index (χ1) is 31.4. The molecule has 356 valence electrons. The van der Waals surface area contributed by atoms with Gasteiger partial charge in [-0.25, -0.2) is 4.79 Å². The van der Waals surface area contributed by atoms with Crippen molar-refractivity contribution in [2.75, 3.05) is 52.5 Å². The van der Waals surface area contributed by atoms with E-state index in [1.54, 1.807) is 51.3 Å². The molecule has 13 nitrogen and oxygen atoms in total. The van der Waals surface area contributed by atoms with Gasteiger partial charge < -0.3 is 33.6 Å². The van der Waals surface area contributed by atoms with Crippen molar-refractivity contribution in [3.05, 3.63) is 144 Å². The van der Waals surface area contributed by atoms with Crippen molar-refractivity contribution in [2.24, 2.45) is 0 Å². The van der Waals surface area contributed by atoms with Crippen LogP contribution < -0.4 is 0 Å². The first-order valence-corrected chi connectivity index (χ1v) is 22.8. The second-order valence-corrected chi connectivity index (χ2v) is 18.2. The number of nitrogens with zero attached hydrogens (tertiary/aromatic N) is 4. The van der Waals surface area contributed by atoms with Gasteiger partial charge >= 0.3 is 12.1 Å². The van der Waals surface area contributed by atoms with Gasteiger partial charge in [-0.05, 0) is 77.6 Å². The molecule has 4 rings (SSSR count). The largest absolute Gasteiger partial charge is 0.460 e. The average molecular weight is 907 g/mol. The smallest absolute Gasteiger partial charge is 0.410 e. The molecular weight excluding hydrogens is 837 g/mol. The Labute approximate surface area is 391 Å². The summed E-state index contributed by atoms with van der Waals surface area (Å²) in [7, 11) is 0. The van der Waals surface area contributed by atoms with E-state index < -0.39 is 41.3 Å². The highest BCUT2D eigenvalue weighted by Gasteiger charge is 2.31. The van der Waals surface area contributed by atoms with Crippen molar-refractivity contribution in [1.29, 1.82) is 0 Å². The van der Waals surface area contributed by atoms with E-state index in [0.717, 1.165) is 22.3 Å². The molecule has 0 aliphatic carbocycles. The van der Waals surface area contributed by atoms with Crippen LogP contribution in [-0.2, 0) is 51.3 Å². The van der Waals surface area contributed by atoms with Gasteiger partial charge in [0.1, 0.15) is 17.7 Å². The minimum absolute atomic E-state index is 0.0151. The summed E-state index contributed by atoms with van der Waals surface area (Å²) in [5.74, 6) is -1.57. The summed E-state index contributed by atoms with van der Waals surface area (Å²) in [6.45, 7) is 15.0. The number of amides is 4. The molecule has 0 N–H and O–H groups in total. The number of carbonyl (C=O) groups excluding carboxylic acids is 5. The van der Waals surface area contributed by atoms with Crippen molar-refractivity contribution < 1.29 is 42.9 Å². The summed E-state index contributed by atoms with van der Waals surface area (Å²) in [5.41, 5.74) is 2.13. The van der Waals surface area contributed by atoms with Crippen LogP contribution in [0.2, 0.25) is 0 Å². The van der Waals surface area contributed by atoms with Crippen molar-refractivity contribution in [2.45, 2.75) is 105 Å². The number of ether oxygens (including phenoxy) is 4. The molecule has 0 aliphatic rings. The van der Waals surface area contributed by atoms with Crippen LogP contribution in [0.1, 0.15) is 103 Å². The monoisotopic (exact) mass is 907 g/mol. The van der Waals surface area contributed by atoms with Crippen LogP contribution in [0, 0.1) is 0 Å². The maximum absolute atomic E-state index is 14.5. The molecule has 0 saturated carbocycles. The second-order valence-electron chi connectivity index (χ2n) is 18.2. The molecule has 4 aromatic carbocycles. The zero-order chi connectivity index (χ0) is 48.1. The predicted octanol–water partition coefficient (Wildman–Crippen LogP) is 8.79. The number of carbonyl (C=O) groups is 5. The van der Waals surface area contributed by atoms with Gasteiger partial charge in [0.15, 0.2) is 0 Å². The lowest BCUT2D eigenvalue weighted by molar-refractivity contribution is -0.156. The van der Waals surface area contributed by atoms with Gasteiger partial charge in [0.25, 0.3) is 0 Å². The average Bonchev–Trinajstić information content (AvgIpc) is 3.28. The Morgan fingerprint density at radius 3 is 1.27 bits per heavy atom. The zero-order valence-electron chi connectivity index (χ0n) is 40.2. The van der Waals surface area contributed by atoms with Gasteiger partial charge in [-0.15, -0.1) is 0 Å². The number of rotatable bonds is 24. The Balaban J connectivity index is 1.57. The van der Waals surface area contributed by atoms with Crippen LogP contribution in [0.5, 0.6) is 0 Å². The quantitative estimate of drug-likeness (QED) is 0.0500. The van der Waals surface area contributed by atoms with E-state index in [2.05, 4.69) is 0 Å². The summed E-state index contributed by atoms with van der Waals surface area (Å²) < 4.78 is 23.2. The third kappa shape index (κ3) is 18.8. The van der Waals surface area contributed by atoms with E-state index in [4.69, 9.17) is 18.9 Å². The fraction of sp³-hybridized carbons (Fsp3) is 0.453. The topological polar surface area (TPSA) is 135 Å². The van der Waals surface area contributed by atoms with E-state index in [9.17, 15) is 24.0 Å². The molecule has 0 fully saturated rings. The standard InChI is InChI=1S/C53H70N4O9/c1-41(45-25-17-11-18-26-45)56(49(60)38-55(51(62)66-53(6,7)8)34-36-64-40-44-23-15-10-16-24-44)31-29-47(58)54(33-35-63-39-43-21-13-9-14-22-43)37-48(59)57(32-30-50(61)65-52(3,4)5)42(2)46-27-19-12-20-28-46/h9-28,41-42H,29-40H2,1-8H3/t41-,42-/m0/s1. The van der Waals surface area contributed by atoms with Crippen molar-refractivity contribution in [1.82, 2.24) is 19.6 Å². The van der Waals surface area contributed by atoms with Crippen LogP contribution >= 0.6 is 0 Å². The molecule has 0 aliphatic heterocycles. The highest BCUT2D eigenvalue weighted by Crippen LogP contribution is 2.24. The maximum Gasteiger partial charge on any atom is 0.410 e. The van der Waals surface area contributed by atoms with E-state index in [1.165, 1.54) is 9.80 Å². The first kappa shape index (κ1) is 52.6. The van der Waals surface area contributed by atoms with Gasteiger partial charge in [0.2, 0.25) is 17.7 Å². The summed E-state index contributed by atoms with van der Waals surface area (Å²) in [5, 5.41) is 0. The normalized spacial score (nSPS) is 12.4. The van der Waals surface area contributed by atoms with Gasteiger partial charge in [0, 0.05) is 32.6 Å². The van der Waals surface area contributed by atoms with Crippen LogP contribution in [0.15, 0.2) is 121 Å². The highest BCUT2D eigenvalue weighted by molar-refractivity contribution is 5.86. The van der Waals surface area contributed by atoms with Crippen LogP contribution in [-0.4, -0.2) is 113 Å². The van der Waals surface area contributed by atoms with Crippen molar-refractivity contribution >= 4 is 29.8 Å². The molecular formula is C53H70N4O9. The van der Waals surface area contributed by atoms with Crippen LogP contribution in [0.3, 0.4) is 0 Å². The van der Waals surface area contributed by atoms with Crippen LogP contribution in [0.4, 0.5) is 4.79 Å². The molecule has 2 atom stereocenters. The summed E-state index contributed by atoms with van der Waals surface area (Å²) in [4.78, 5) is 75.9. The highest BCUT2D eigenvalue weighted by atomic mass is 16.6. The SMILES string of the molecule is C[C@@H](c1ccccc1)N(CCC(=O)OC(C)(C)C)C(=O)CN(CCOCc1ccccc1)C(=O)CCN(C(=O)CN(CCOCc1ccccc1)C(=O)OC(C)(C)C)[C@@H](C)c1ccccc1. The minimum Gasteiger partial charge on any atom is -0.460 e. The number of hydrogen-bond donors (Lipinski definition) is 0. The molecule has 0 unspecified atom stereocenters. The van der Waals surface area contributed by atoms with Crippen molar-refractivity contribution in [3.8, 4) is 0 Å². The molecule has 66 heavy (non-hydrogen) atoms. The van der Waals surface area contributed by atoms with Gasteiger partial charge in [-0.1, -0.05) is 121 Å². The molecule has 13 heteroatoms. The Morgan fingerprint density at radius 1 is 0.470 bits per heavy atom. The van der Waals surface area contributed by atoms with E-state index in [0.29, 0.717) is 13.2 Å². The number of hydrogen-bond acceptors (Lipinski definition) is 9. The van der Waals surface area contributed by atoms with Gasteiger partial charge in [-0.2, -0.15) is 0 Å². The lowest BCUT2D eigenvalue weighted by Gasteiger charge is -2.34. The number of benzene rings is 4. The Morgan fingerprint density at radius 2 is 0.848 bits per heavy atom. The summed E-state index contributed by atoms with van der Waals surface area (Å²) in [6.07, 6.45) is -0.834. The van der Waals surface area contributed by atoms with E-state index >= 15 is 0 Å². The molecule has 0 spiro atoms. The minimum atomic E-state index is -0.817. The third-order valence-corrected chi connectivity index (χ3v) is 10.6. The Hall–Kier alpha value is -6.05. The van der Waals surface area contributed by atoms with E-state index in [1.807, 2.05) is 135 Å². The predicted molar refractivity (Wildman–Crippen MR) is 255 cm³/mol. The molecule has 0 bridgehead atoms. The molecule has 0 radical (unpaired) electrons. The lowest BCUT2D eigenvalue weighted by atomic mass is 10.1. The molecule has 0 aromatic heterocycles. The third-order valence-electron chi connectivity index (χ3n) is 10.6. The fourth-order valence-corrected chi connectivity index (χ4v) is 7.11. The zero-order valence-corrected chi connectivity index (χ0v) is 40.2. The Bertz CT molecular complexity index is 2090. The summed E-state index contributed by atoms with van der Waals surface area (Å²) >= 11 is 0. The maximum atomic E-state index is 14.5. The number of esters is 1. The Kier molecular flexibility index (Phi) is 20.9. The second kappa shape index (κ2) is 26.2. The molecule has 0 saturated heterocycles. The molecule has 0 heterocycles. The fourth-order valence-electron chi connectivity index (χ4n) is 7.11. The van der Waals surface area contributed by atoms with Gasteiger partial charge in [0.05, 0.1) is 51.5 Å². The van der Waals surface area contributed by atoms with Crippen molar-refractivity contribution in [3.63, 3.8) is 0 Å². The molecule has 4 amide bonds. The lowest BCUT2D eigenvalue weighted by Crippen LogP contribution is -2.48. The first-order valence-electron chi connectivity index (χ1n) is 22.8. The van der Waals surface area contributed by atoms with Gasteiger partial charge in [-0.3, -0.25) is 24.1 Å².